The summed E-state index contributed by atoms with van der Waals surface area (Å²) < 4.78 is 13.0. The summed E-state index contributed by atoms with van der Waals surface area (Å²) in [6.07, 6.45) is 0. The van der Waals surface area contributed by atoms with E-state index in [0.717, 1.165) is 5.69 Å². The highest BCUT2D eigenvalue weighted by atomic mass is 19.1. The van der Waals surface area contributed by atoms with Gasteiger partial charge in [-0.15, -0.1) is 0 Å². The molecule has 0 saturated carbocycles. The fourth-order valence-electron chi connectivity index (χ4n) is 0.956. The third kappa shape index (κ3) is 1.72. The van der Waals surface area contributed by atoms with Crippen molar-refractivity contribution < 1.29 is 4.39 Å². The van der Waals surface area contributed by atoms with Crippen LogP contribution < -0.4 is 5.32 Å². The zero-order valence-electron chi connectivity index (χ0n) is 7.56. The van der Waals surface area contributed by atoms with Crippen molar-refractivity contribution in [2.75, 3.05) is 12.4 Å². The van der Waals surface area contributed by atoms with Gasteiger partial charge >= 0.3 is 0 Å². The van der Waals surface area contributed by atoms with Gasteiger partial charge in [-0.25, -0.2) is 4.98 Å². The van der Waals surface area contributed by atoms with E-state index in [2.05, 4.69) is 10.3 Å². The van der Waals surface area contributed by atoms with Crippen LogP contribution in [0.3, 0.4) is 0 Å². The van der Waals surface area contributed by atoms with Gasteiger partial charge in [-0.3, -0.25) is 0 Å². The molecule has 1 aromatic heterocycles. The Bertz CT molecular complexity index is 271. The molecule has 0 amide bonds. The molecule has 0 bridgehead atoms. The van der Waals surface area contributed by atoms with Crippen molar-refractivity contribution in [2.24, 2.45) is 0 Å². The Hall–Kier alpha value is -1.12. The molecule has 12 heavy (non-hydrogen) atoms. The Morgan fingerprint density at radius 2 is 2.08 bits per heavy atom. The van der Waals surface area contributed by atoms with E-state index in [1.807, 2.05) is 19.9 Å². The van der Waals surface area contributed by atoms with Gasteiger partial charge < -0.3 is 5.32 Å². The second-order valence-electron chi connectivity index (χ2n) is 2.98. The summed E-state index contributed by atoms with van der Waals surface area (Å²) in [7, 11) is 1.68. The van der Waals surface area contributed by atoms with E-state index >= 15 is 0 Å². The van der Waals surface area contributed by atoms with Crippen LogP contribution in [0.2, 0.25) is 0 Å². The van der Waals surface area contributed by atoms with Crippen molar-refractivity contribution in [3.05, 3.63) is 23.8 Å². The van der Waals surface area contributed by atoms with Gasteiger partial charge in [0.05, 0.1) is 5.69 Å². The second kappa shape index (κ2) is 3.52. The van der Waals surface area contributed by atoms with E-state index in [0.29, 0.717) is 5.69 Å². The lowest BCUT2D eigenvalue weighted by atomic mass is 10.1. The van der Waals surface area contributed by atoms with Crippen molar-refractivity contribution in [1.29, 1.82) is 0 Å². The Labute approximate surface area is 71.8 Å². The summed E-state index contributed by atoms with van der Waals surface area (Å²) in [5.74, 6) is -0.158. The Balaban J connectivity index is 3.02. The lowest BCUT2D eigenvalue weighted by molar-refractivity contribution is 0.575. The minimum Gasteiger partial charge on any atom is -0.384 e. The highest BCUT2D eigenvalue weighted by Crippen LogP contribution is 2.16. The molecule has 0 aromatic carbocycles. The predicted molar refractivity (Wildman–Crippen MR) is 47.8 cm³/mol. The van der Waals surface area contributed by atoms with Gasteiger partial charge in [0.1, 0.15) is 0 Å². The molecule has 3 heteroatoms. The van der Waals surface area contributed by atoms with Crippen molar-refractivity contribution in [2.45, 2.75) is 19.8 Å². The average Bonchev–Trinajstić information content (AvgIpc) is 2.04. The molecule has 0 unspecified atom stereocenters. The summed E-state index contributed by atoms with van der Waals surface area (Å²) in [5, 5.41) is 2.72. The number of aromatic nitrogens is 1. The molecule has 0 aliphatic carbocycles. The molecule has 1 aromatic rings. The molecular formula is C9H13FN2. The number of nitrogens with zero attached hydrogens (tertiary/aromatic N) is 1. The van der Waals surface area contributed by atoms with Crippen LogP contribution >= 0.6 is 0 Å². The SMILES string of the molecule is CNc1ccc(C(C)C)nc1F. The summed E-state index contributed by atoms with van der Waals surface area (Å²) in [6, 6.07) is 3.54. The van der Waals surface area contributed by atoms with E-state index in [1.165, 1.54) is 0 Å². The first-order valence-electron chi connectivity index (χ1n) is 3.99. The van der Waals surface area contributed by atoms with E-state index in [-0.39, 0.29) is 5.92 Å². The number of hydrogen-bond acceptors (Lipinski definition) is 2. The predicted octanol–water partition coefficient (Wildman–Crippen LogP) is 2.39. The zero-order valence-corrected chi connectivity index (χ0v) is 7.56. The molecule has 0 saturated heterocycles. The van der Waals surface area contributed by atoms with E-state index in [4.69, 9.17) is 0 Å². The standard InChI is InChI=1S/C9H13FN2/c1-6(2)7-4-5-8(11-3)9(10)12-7/h4-6,11H,1-3H3. The molecule has 0 radical (unpaired) electrons. The highest BCUT2D eigenvalue weighted by molar-refractivity contribution is 5.41. The summed E-state index contributed by atoms with van der Waals surface area (Å²) in [5.41, 5.74) is 1.23. The fourth-order valence-corrected chi connectivity index (χ4v) is 0.956. The molecule has 0 aliphatic heterocycles. The number of halogens is 1. The highest BCUT2D eigenvalue weighted by Gasteiger charge is 2.05. The molecule has 66 valence electrons. The molecule has 0 spiro atoms. The number of nitrogens with one attached hydrogen (secondary N) is 1. The molecule has 1 rings (SSSR count). The summed E-state index contributed by atoms with van der Waals surface area (Å²) in [4.78, 5) is 3.81. The maximum Gasteiger partial charge on any atom is 0.236 e. The van der Waals surface area contributed by atoms with Gasteiger partial charge in [-0.1, -0.05) is 13.8 Å². The van der Waals surface area contributed by atoms with E-state index in [9.17, 15) is 4.39 Å². The molecule has 0 atom stereocenters. The van der Waals surface area contributed by atoms with Crippen molar-refractivity contribution >= 4 is 5.69 Å². The normalized spacial score (nSPS) is 10.4. The van der Waals surface area contributed by atoms with Gasteiger partial charge in [0, 0.05) is 12.7 Å². The lowest BCUT2D eigenvalue weighted by Crippen LogP contribution is -1.99. The number of hydrogen-bond donors (Lipinski definition) is 1. The topological polar surface area (TPSA) is 24.9 Å². The van der Waals surface area contributed by atoms with Gasteiger partial charge in [0.25, 0.3) is 0 Å². The Morgan fingerprint density at radius 3 is 2.50 bits per heavy atom. The van der Waals surface area contributed by atoms with Crippen LogP contribution in [-0.2, 0) is 0 Å². The van der Waals surface area contributed by atoms with Crippen molar-refractivity contribution in [3.8, 4) is 0 Å². The first-order valence-corrected chi connectivity index (χ1v) is 3.99. The minimum atomic E-state index is -0.427. The van der Waals surface area contributed by atoms with Gasteiger partial charge in [0.15, 0.2) is 0 Å². The van der Waals surface area contributed by atoms with Crippen LogP contribution in [-0.4, -0.2) is 12.0 Å². The largest absolute Gasteiger partial charge is 0.384 e. The van der Waals surface area contributed by atoms with E-state index in [1.54, 1.807) is 13.1 Å². The van der Waals surface area contributed by atoms with Gasteiger partial charge in [-0.05, 0) is 18.1 Å². The summed E-state index contributed by atoms with van der Waals surface area (Å²) >= 11 is 0. The lowest BCUT2D eigenvalue weighted by Gasteiger charge is -2.06. The first-order chi connectivity index (χ1) is 5.65. The molecular weight excluding hydrogens is 155 g/mol. The Kier molecular flexibility index (Phi) is 2.63. The Morgan fingerprint density at radius 1 is 1.42 bits per heavy atom. The smallest absolute Gasteiger partial charge is 0.236 e. The first kappa shape index (κ1) is 8.97. The third-order valence-corrected chi connectivity index (χ3v) is 1.73. The maximum absolute atomic E-state index is 13.0. The fraction of sp³-hybridized carbons (Fsp3) is 0.444. The minimum absolute atomic E-state index is 0.269. The van der Waals surface area contributed by atoms with Crippen LogP contribution in [0.4, 0.5) is 10.1 Å². The second-order valence-corrected chi connectivity index (χ2v) is 2.98. The third-order valence-electron chi connectivity index (χ3n) is 1.73. The molecule has 2 nitrogen and oxygen atoms in total. The number of anilines is 1. The number of pyridine rings is 1. The van der Waals surface area contributed by atoms with Crippen LogP contribution in [0.25, 0.3) is 0 Å². The van der Waals surface area contributed by atoms with Crippen LogP contribution in [0, 0.1) is 5.95 Å². The molecule has 0 fully saturated rings. The average molecular weight is 168 g/mol. The van der Waals surface area contributed by atoms with Crippen molar-refractivity contribution in [3.63, 3.8) is 0 Å². The number of rotatable bonds is 2. The zero-order chi connectivity index (χ0) is 9.14. The van der Waals surface area contributed by atoms with Gasteiger partial charge in [-0.2, -0.15) is 4.39 Å². The molecule has 1 heterocycles. The maximum atomic E-state index is 13.0. The van der Waals surface area contributed by atoms with Crippen LogP contribution in [0.15, 0.2) is 12.1 Å². The quantitative estimate of drug-likeness (QED) is 0.686. The van der Waals surface area contributed by atoms with Crippen molar-refractivity contribution in [1.82, 2.24) is 4.98 Å². The molecule has 1 N–H and O–H groups in total. The van der Waals surface area contributed by atoms with E-state index < -0.39 is 5.95 Å². The van der Waals surface area contributed by atoms with Gasteiger partial charge in [0.2, 0.25) is 5.95 Å². The molecule has 0 aliphatic rings. The van der Waals surface area contributed by atoms with Crippen LogP contribution in [0.5, 0.6) is 0 Å². The monoisotopic (exact) mass is 168 g/mol. The summed E-state index contributed by atoms with van der Waals surface area (Å²) in [6.45, 7) is 3.97. The van der Waals surface area contributed by atoms with Crippen LogP contribution in [0.1, 0.15) is 25.5 Å².